The van der Waals surface area contributed by atoms with E-state index in [0.717, 1.165) is 24.0 Å². The molecule has 2 heterocycles. The average Bonchev–Trinajstić information content (AvgIpc) is 2.96. The zero-order chi connectivity index (χ0) is 18.2. The van der Waals surface area contributed by atoms with Gasteiger partial charge in [-0.05, 0) is 43.3 Å². The number of ketones is 1. The van der Waals surface area contributed by atoms with Crippen molar-refractivity contribution in [3.8, 4) is 0 Å². The molecule has 0 aliphatic carbocycles. The summed E-state index contributed by atoms with van der Waals surface area (Å²) in [7, 11) is 0. The number of rotatable bonds is 4. The lowest BCUT2D eigenvalue weighted by Crippen LogP contribution is -2.14. The van der Waals surface area contributed by atoms with Crippen molar-refractivity contribution in [2.75, 3.05) is 0 Å². The fraction of sp³-hybridized carbons (Fsp3) is 0.188. The highest BCUT2D eigenvalue weighted by Gasteiger charge is 2.31. The fourth-order valence-corrected chi connectivity index (χ4v) is 3.21. The third-order valence-electron chi connectivity index (χ3n) is 3.48. The van der Waals surface area contributed by atoms with Gasteiger partial charge in [-0.15, -0.1) is 10.2 Å². The van der Waals surface area contributed by atoms with E-state index < -0.39 is 17.0 Å². The van der Waals surface area contributed by atoms with Gasteiger partial charge in [-0.2, -0.15) is 13.2 Å². The zero-order valence-electron chi connectivity index (χ0n) is 12.8. The first-order valence-electron chi connectivity index (χ1n) is 7.14. The number of nitrogens with zero attached hydrogens (tertiary/aromatic N) is 3. The minimum absolute atomic E-state index is 0.176. The molecule has 0 unspecified atom stereocenters. The van der Waals surface area contributed by atoms with Gasteiger partial charge in [-0.1, -0.05) is 23.4 Å². The Labute approximate surface area is 150 Å². The van der Waals surface area contributed by atoms with Crippen LogP contribution in [0.2, 0.25) is 5.02 Å². The van der Waals surface area contributed by atoms with Crippen LogP contribution in [-0.2, 0) is 6.18 Å². The van der Waals surface area contributed by atoms with Crippen LogP contribution in [0.25, 0.3) is 5.65 Å². The van der Waals surface area contributed by atoms with E-state index in [-0.39, 0.29) is 16.6 Å². The molecule has 0 saturated carbocycles. The standard InChI is InChI=1S/C16H11ClF3N3OS/c1-9(14(24)10-2-5-12(17)6-3-10)25-15-22-21-13-7-4-11(8-23(13)15)16(18,19)20/h2-9H,1H3/t9-/m1/s1. The molecule has 0 N–H and O–H groups in total. The summed E-state index contributed by atoms with van der Waals surface area (Å²) in [6.45, 7) is 1.66. The monoisotopic (exact) mass is 385 g/mol. The van der Waals surface area contributed by atoms with Gasteiger partial charge in [0.1, 0.15) is 0 Å². The number of carbonyl (C=O) groups is 1. The molecule has 0 aliphatic rings. The summed E-state index contributed by atoms with van der Waals surface area (Å²) in [4.78, 5) is 12.4. The molecule has 2 aromatic heterocycles. The van der Waals surface area contributed by atoms with Gasteiger partial charge in [0.25, 0.3) is 0 Å². The third kappa shape index (κ3) is 3.80. The molecule has 0 radical (unpaired) electrons. The summed E-state index contributed by atoms with van der Waals surface area (Å²) < 4.78 is 39.9. The molecule has 25 heavy (non-hydrogen) atoms. The number of carbonyl (C=O) groups excluding carboxylic acids is 1. The molecule has 4 nitrogen and oxygen atoms in total. The largest absolute Gasteiger partial charge is 0.417 e. The maximum Gasteiger partial charge on any atom is 0.417 e. The number of benzene rings is 1. The minimum Gasteiger partial charge on any atom is -0.293 e. The van der Waals surface area contributed by atoms with E-state index in [0.29, 0.717) is 10.6 Å². The Kier molecular flexibility index (Phi) is 4.75. The molecule has 0 aliphatic heterocycles. The molecular formula is C16H11ClF3N3OS. The average molecular weight is 386 g/mol. The van der Waals surface area contributed by atoms with Crippen LogP contribution < -0.4 is 0 Å². The maximum atomic E-state index is 12.9. The van der Waals surface area contributed by atoms with Gasteiger partial charge in [0, 0.05) is 16.8 Å². The van der Waals surface area contributed by atoms with Gasteiger partial charge < -0.3 is 0 Å². The normalized spacial score (nSPS) is 13.2. The maximum absolute atomic E-state index is 12.9. The van der Waals surface area contributed by atoms with Crippen LogP contribution in [0.3, 0.4) is 0 Å². The summed E-state index contributed by atoms with van der Waals surface area (Å²) in [6.07, 6.45) is -3.54. The first-order valence-corrected chi connectivity index (χ1v) is 8.40. The molecular weight excluding hydrogens is 375 g/mol. The molecule has 9 heteroatoms. The Morgan fingerprint density at radius 3 is 2.48 bits per heavy atom. The predicted molar refractivity (Wildman–Crippen MR) is 89.1 cm³/mol. The second kappa shape index (κ2) is 6.68. The number of alkyl halides is 3. The van der Waals surface area contributed by atoms with E-state index in [1.165, 1.54) is 10.5 Å². The van der Waals surface area contributed by atoms with Gasteiger partial charge in [-0.25, -0.2) is 0 Å². The van der Waals surface area contributed by atoms with Crippen LogP contribution in [-0.4, -0.2) is 25.6 Å². The lowest BCUT2D eigenvalue weighted by atomic mass is 10.1. The number of hydrogen-bond acceptors (Lipinski definition) is 4. The fourth-order valence-electron chi connectivity index (χ4n) is 2.18. The smallest absolute Gasteiger partial charge is 0.293 e. The number of aromatic nitrogens is 3. The zero-order valence-corrected chi connectivity index (χ0v) is 14.4. The lowest BCUT2D eigenvalue weighted by Gasteiger charge is -2.10. The molecule has 1 atom stereocenters. The van der Waals surface area contributed by atoms with Crippen molar-refractivity contribution in [2.24, 2.45) is 0 Å². The number of fused-ring (bicyclic) bond motifs is 1. The molecule has 0 amide bonds. The highest BCUT2D eigenvalue weighted by atomic mass is 35.5. The quantitative estimate of drug-likeness (QED) is 0.479. The van der Waals surface area contributed by atoms with Gasteiger partial charge in [0.15, 0.2) is 16.6 Å². The van der Waals surface area contributed by atoms with E-state index >= 15 is 0 Å². The van der Waals surface area contributed by atoms with E-state index in [1.807, 2.05) is 0 Å². The van der Waals surface area contributed by atoms with Crippen LogP contribution in [0.1, 0.15) is 22.8 Å². The summed E-state index contributed by atoms with van der Waals surface area (Å²) >= 11 is 6.84. The van der Waals surface area contributed by atoms with E-state index in [1.54, 1.807) is 31.2 Å². The number of thioether (sulfide) groups is 1. The first kappa shape index (κ1) is 17.8. The highest BCUT2D eigenvalue weighted by Crippen LogP contribution is 2.31. The molecule has 0 fully saturated rings. The van der Waals surface area contributed by atoms with Crippen molar-refractivity contribution in [1.82, 2.24) is 14.6 Å². The Bertz CT molecular complexity index is 925. The van der Waals surface area contributed by atoms with Crippen LogP contribution >= 0.6 is 23.4 Å². The van der Waals surface area contributed by atoms with E-state index in [4.69, 9.17) is 11.6 Å². The van der Waals surface area contributed by atoms with Gasteiger partial charge in [0.2, 0.25) is 0 Å². The van der Waals surface area contributed by atoms with E-state index in [2.05, 4.69) is 10.2 Å². The number of halogens is 4. The minimum atomic E-state index is -4.47. The highest BCUT2D eigenvalue weighted by molar-refractivity contribution is 8.00. The molecule has 0 saturated heterocycles. The topological polar surface area (TPSA) is 47.3 Å². The number of Topliss-reactive ketones (excluding diaryl/α,β-unsaturated/α-hetero) is 1. The Hall–Kier alpha value is -2.06. The molecule has 3 rings (SSSR count). The second-order valence-corrected chi connectivity index (χ2v) is 7.00. The molecule has 0 bridgehead atoms. The van der Waals surface area contributed by atoms with Crippen molar-refractivity contribution in [3.63, 3.8) is 0 Å². The summed E-state index contributed by atoms with van der Waals surface area (Å²) in [5, 5.41) is 7.90. The van der Waals surface area contributed by atoms with Crippen molar-refractivity contribution < 1.29 is 18.0 Å². The van der Waals surface area contributed by atoms with E-state index in [9.17, 15) is 18.0 Å². The van der Waals surface area contributed by atoms with Crippen LogP contribution in [0.4, 0.5) is 13.2 Å². The predicted octanol–water partition coefficient (Wildman–Crippen LogP) is 4.77. The van der Waals surface area contributed by atoms with Gasteiger partial charge in [-0.3, -0.25) is 9.20 Å². The Morgan fingerprint density at radius 2 is 1.84 bits per heavy atom. The molecule has 130 valence electrons. The summed E-state index contributed by atoms with van der Waals surface area (Å²) in [5.74, 6) is -0.176. The van der Waals surface area contributed by atoms with Crippen molar-refractivity contribution >= 4 is 34.8 Å². The second-order valence-electron chi connectivity index (χ2n) is 5.26. The van der Waals surface area contributed by atoms with Crippen molar-refractivity contribution in [1.29, 1.82) is 0 Å². The Morgan fingerprint density at radius 1 is 1.16 bits per heavy atom. The summed E-state index contributed by atoms with van der Waals surface area (Å²) in [6, 6.07) is 8.60. The summed E-state index contributed by atoms with van der Waals surface area (Å²) in [5.41, 5.74) is -0.0609. The SMILES string of the molecule is C[C@@H](Sc1nnc2ccc(C(F)(F)F)cn12)C(=O)c1ccc(Cl)cc1. The molecule has 0 spiro atoms. The van der Waals surface area contributed by atoms with Crippen molar-refractivity contribution in [3.05, 3.63) is 58.7 Å². The lowest BCUT2D eigenvalue weighted by molar-refractivity contribution is -0.137. The Balaban J connectivity index is 1.86. The molecule has 1 aromatic carbocycles. The third-order valence-corrected chi connectivity index (χ3v) is 4.79. The van der Waals surface area contributed by atoms with Crippen LogP contribution in [0.5, 0.6) is 0 Å². The van der Waals surface area contributed by atoms with Crippen molar-refractivity contribution in [2.45, 2.75) is 23.5 Å². The van der Waals surface area contributed by atoms with Crippen LogP contribution in [0, 0.1) is 0 Å². The number of pyridine rings is 1. The van der Waals surface area contributed by atoms with Crippen LogP contribution in [0.15, 0.2) is 47.8 Å². The van der Waals surface area contributed by atoms with Gasteiger partial charge >= 0.3 is 6.18 Å². The number of hydrogen-bond donors (Lipinski definition) is 0. The molecule has 3 aromatic rings. The van der Waals surface area contributed by atoms with Gasteiger partial charge in [0.05, 0.1) is 10.8 Å². The first-order chi connectivity index (χ1) is 11.8.